The highest BCUT2D eigenvalue weighted by Crippen LogP contribution is 2.30. The molecule has 0 saturated carbocycles. The highest BCUT2D eigenvalue weighted by Gasteiger charge is 2.31. The van der Waals surface area contributed by atoms with E-state index >= 15 is 0 Å². The van der Waals surface area contributed by atoms with E-state index in [1.165, 1.54) is 31.0 Å². The topological polar surface area (TPSA) is 79.7 Å². The first kappa shape index (κ1) is 21.9. The minimum Gasteiger partial charge on any atom is -0.465 e. The molecule has 0 fully saturated rings. The Hall–Kier alpha value is -3.78. The van der Waals surface area contributed by atoms with Gasteiger partial charge in [-0.1, -0.05) is 36.4 Å². The Morgan fingerprint density at radius 3 is 2.42 bits per heavy atom. The third-order valence-electron chi connectivity index (χ3n) is 4.47. The van der Waals surface area contributed by atoms with Crippen molar-refractivity contribution >= 4 is 11.9 Å². The maximum absolute atomic E-state index is 14.7. The number of para-hydroxylation sites is 1. The lowest BCUT2D eigenvalue weighted by molar-refractivity contribution is 0.0549. The van der Waals surface area contributed by atoms with Crippen molar-refractivity contribution in [3.8, 4) is 16.9 Å². The summed E-state index contributed by atoms with van der Waals surface area (Å²) in [6.45, 7) is 3.90. The summed E-state index contributed by atoms with van der Waals surface area (Å²) in [5.74, 6) is -2.11. The van der Waals surface area contributed by atoms with E-state index in [1.807, 2.05) is 0 Å². The highest BCUT2D eigenvalue weighted by molar-refractivity contribution is 6.06. The second kappa shape index (κ2) is 9.82. The second-order valence-electron chi connectivity index (χ2n) is 6.41. The Morgan fingerprint density at radius 1 is 1.10 bits per heavy atom. The average Bonchev–Trinajstić information content (AvgIpc) is 3.20. The molecule has 160 valence electrons. The molecule has 0 unspecified atom stereocenters. The molecule has 0 aliphatic carbocycles. The third-order valence-corrected chi connectivity index (χ3v) is 4.47. The summed E-state index contributed by atoms with van der Waals surface area (Å²) in [5, 5.41) is 4.44. The fraction of sp³-hybridized carbons (Fsp3) is 0.174. The quantitative estimate of drug-likeness (QED) is 0.309. The number of hydrogen-bond acceptors (Lipinski definition) is 6. The van der Waals surface area contributed by atoms with E-state index in [4.69, 9.17) is 14.2 Å². The van der Waals surface area contributed by atoms with Crippen LogP contribution in [0.3, 0.4) is 0 Å². The number of aromatic nitrogens is 2. The number of rotatable bonds is 8. The summed E-state index contributed by atoms with van der Waals surface area (Å²) < 4.78 is 31.0. The minimum absolute atomic E-state index is 0.0634. The van der Waals surface area contributed by atoms with Crippen LogP contribution in [0.15, 0.2) is 61.2 Å². The molecular weight excluding hydrogens is 403 g/mol. The van der Waals surface area contributed by atoms with Crippen molar-refractivity contribution in [3.63, 3.8) is 0 Å². The van der Waals surface area contributed by atoms with Crippen molar-refractivity contribution in [3.05, 3.63) is 83.8 Å². The lowest BCUT2D eigenvalue weighted by Crippen LogP contribution is -2.15. The first-order valence-corrected chi connectivity index (χ1v) is 9.34. The standard InChI is InChI=1S/C23H21FN2O5/c1-4-12-31-14-16-11-10-15(13-18(16)24)20-19(22(27)29-2)21(23(28)30-3)26(25-20)17-8-6-5-7-9-17/h4-11,13H,1,12,14H2,2-3H3. The van der Waals surface area contributed by atoms with Gasteiger partial charge in [-0.25, -0.2) is 18.7 Å². The molecule has 3 aromatic rings. The maximum atomic E-state index is 14.7. The van der Waals surface area contributed by atoms with Crippen molar-refractivity contribution in [2.24, 2.45) is 0 Å². The van der Waals surface area contributed by atoms with E-state index in [2.05, 4.69) is 11.7 Å². The number of nitrogens with zero attached hydrogens (tertiary/aromatic N) is 2. The van der Waals surface area contributed by atoms with Crippen molar-refractivity contribution in [1.29, 1.82) is 0 Å². The summed E-state index contributed by atoms with van der Waals surface area (Å²) in [6, 6.07) is 13.1. The Balaban J connectivity index is 2.19. The predicted octanol–water partition coefficient (Wildman–Crippen LogP) is 3.95. The molecule has 1 heterocycles. The molecule has 3 rings (SSSR count). The molecule has 2 aromatic carbocycles. The zero-order chi connectivity index (χ0) is 22.4. The van der Waals surface area contributed by atoms with Crippen LogP contribution in [0.1, 0.15) is 26.4 Å². The van der Waals surface area contributed by atoms with Gasteiger partial charge in [0.2, 0.25) is 0 Å². The van der Waals surface area contributed by atoms with Crippen LogP contribution in [0.2, 0.25) is 0 Å². The molecule has 0 aliphatic rings. The van der Waals surface area contributed by atoms with E-state index in [0.717, 1.165) is 0 Å². The van der Waals surface area contributed by atoms with Crippen molar-refractivity contribution < 1.29 is 28.2 Å². The number of benzene rings is 2. The summed E-state index contributed by atoms with van der Waals surface area (Å²) in [6.07, 6.45) is 1.57. The molecule has 8 heteroatoms. The number of hydrogen-bond donors (Lipinski definition) is 0. The van der Waals surface area contributed by atoms with Gasteiger partial charge in [-0.05, 0) is 18.2 Å². The smallest absolute Gasteiger partial charge is 0.357 e. The number of halogens is 1. The van der Waals surface area contributed by atoms with Crippen LogP contribution in [0.5, 0.6) is 0 Å². The number of carbonyl (C=O) groups excluding carboxylic acids is 2. The van der Waals surface area contributed by atoms with E-state index < -0.39 is 17.8 Å². The fourth-order valence-corrected chi connectivity index (χ4v) is 3.02. The number of esters is 2. The van der Waals surface area contributed by atoms with Crippen LogP contribution in [-0.4, -0.2) is 42.5 Å². The van der Waals surface area contributed by atoms with Gasteiger partial charge < -0.3 is 14.2 Å². The van der Waals surface area contributed by atoms with Crippen LogP contribution in [0.4, 0.5) is 4.39 Å². The van der Waals surface area contributed by atoms with Crippen molar-refractivity contribution in [1.82, 2.24) is 9.78 Å². The lowest BCUT2D eigenvalue weighted by atomic mass is 10.0. The van der Waals surface area contributed by atoms with Gasteiger partial charge in [0.15, 0.2) is 5.69 Å². The maximum Gasteiger partial charge on any atom is 0.357 e. The molecule has 1 aromatic heterocycles. The van der Waals surface area contributed by atoms with Gasteiger partial charge in [-0.2, -0.15) is 5.10 Å². The largest absolute Gasteiger partial charge is 0.465 e. The normalized spacial score (nSPS) is 10.5. The molecule has 0 spiro atoms. The van der Waals surface area contributed by atoms with Gasteiger partial charge in [-0.15, -0.1) is 6.58 Å². The van der Waals surface area contributed by atoms with Crippen LogP contribution < -0.4 is 0 Å². The molecule has 0 N–H and O–H groups in total. The molecule has 31 heavy (non-hydrogen) atoms. The molecule has 0 radical (unpaired) electrons. The van der Waals surface area contributed by atoms with Crippen molar-refractivity contribution in [2.75, 3.05) is 20.8 Å². The van der Waals surface area contributed by atoms with Gasteiger partial charge in [0.1, 0.15) is 17.1 Å². The van der Waals surface area contributed by atoms with E-state index in [1.54, 1.807) is 42.5 Å². The zero-order valence-electron chi connectivity index (χ0n) is 17.1. The first-order valence-electron chi connectivity index (χ1n) is 9.34. The Bertz CT molecular complexity index is 1110. The summed E-state index contributed by atoms with van der Waals surface area (Å²) in [7, 11) is 2.39. The van der Waals surface area contributed by atoms with E-state index in [9.17, 15) is 14.0 Å². The SMILES string of the molecule is C=CCOCc1ccc(-c2nn(-c3ccccc3)c(C(=O)OC)c2C(=O)OC)cc1F. The average molecular weight is 424 g/mol. The molecule has 0 saturated heterocycles. The number of carbonyl (C=O) groups is 2. The Morgan fingerprint density at radius 2 is 1.81 bits per heavy atom. The van der Waals surface area contributed by atoms with Crippen molar-refractivity contribution in [2.45, 2.75) is 6.61 Å². The number of methoxy groups -OCH3 is 2. The summed E-state index contributed by atoms with van der Waals surface area (Å²) in [5.41, 5.74) is 1.01. The van der Waals surface area contributed by atoms with Gasteiger partial charge in [0.05, 0.1) is 33.1 Å². The molecule has 0 amide bonds. The minimum atomic E-state index is -0.795. The van der Waals surface area contributed by atoms with Crippen LogP contribution in [0.25, 0.3) is 16.9 Å². The van der Waals surface area contributed by atoms with Gasteiger partial charge in [-0.3, -0.25) is 0 Å². The first-order chi connectivity index (χ1) is 15.0. The predicted molar refractivity (Wildman–Crippen MR) is 111 cm³/mol. The summed E-state index contributed by atoms with van der Waals surface area (Å²) in [4.78, 5) is 25.2. The molecule has 0 aliphatic heterocycles. The fourth-order valence-electron chi connectivity index (χ4n) is 3.02. The molecule has 7 nitrogen and oxygen atoms in total. The third kappa shape index (κ3) is 4.54. The van der Waals surface area contributed by atoms with Crippen LogP contribution >= 0.6 is 0 Å². The summed E-state index contributed by atoms with van der Waals surface area (Å²) >= 11 is 0. The molecule has 0 atom stereocenters. The van der Waals surface area contributed by atoms with Gasteiger partial charge in [0, 0.05) is 11.1 Å². The van der Waals surface area contributed by atoms with Gasteiger partial charge in [0.25, 0.3) is 0 Å². The Kier molecular flexibility index (Phi) is 6.94. The van der Waals surface area contributed by atoms with E-state index in [0.29, 0.717) is 16.8 Å². The molecule has 0 bridgehead atoms. The Labute approximate surface area is 178 Å². The van der Waals surface area contributed by atoms with Crippen LogP contribution in [-0.2, 0) is 20.8 Å². The van der Waals surface area contributed by atoms with Crippen LogP contribution in [0, 0.1) is 5.82 Å². The van der Waals surface area contributed by atoms with E-state index in [-0.39, 0.29) is 30.2 Å². The zero-order valence-corrected chi connectivity index (χ0v) is 17.1. The lowest BCUT2D eigenvalue weighted by Gasteiger charge is -2.07. The highest BCUT2D eigenvalue weighted by atomic mass is 19.1. The monoisotopic (exact) mass is 424 g/mol. The number of ether oxygens (including phenoxy) is 3. The second-order valence-corrected chi connectivity index (χ2v) is 6.41. The van der Waals surface area contributed by atoms with Gasteiger partial charge >= 0.3 is 11.9 Å². The molecular formula is C23H21FN2O5.